The third kappa shape index (κ3) is 3.96. The van der Waals surface area contributed by atoms with E-state index in [-0.39, 0.29) is 17.9 Å². The summed E-state index contributed by atoms with van der Waals surface area (Å²) in [6.07, 6.45) is 4.26. The van der Waals surface area contributed by atoms with Crippen LogP contribution in [0.1, 0.15) is 15.9 Å². The van der Waals surface area contributed by atoms with Gasteiger partial charge in [0.25, 0.3) is 5.56 Å². The van der Waals surface area contributed by atoms with Gasteiger partial charge in [0.15, 0.2) is 11.3 Å². The molecule has 8 heteroatoms. The molecule has 28 heavy (non-hydrogen) atoms. The number of likely N-dealkylation sites (N-methyl/N-ethyl adjacent to an activating group) is 1. The van der Waals surface area contributed by atoms with Gasteiger partial charge in [-0.05, 0) is 19.7 Å². The minimum atomic E-state index is -1.37. The van der Waals surface area contributed by atoms with E-state index in [9.17, 15) is 19.5 Å². The third-order valence-corrected chi connectivity index (χ3v) is 4.31. The highest BCUT2D eigenvalue weighted by molar-refractivity contribution is 5.88. The van der Waals surface area contributed by atoms with E-state index in [0.29, 0.717) is 13.1 Å². The summed E-state index contributed by atoms with van der Waals surface area (Å²) in [6, 6.07) is 9.13. The molecule has 0 saturated heterocycles. The molecule has 0 amide bonds. The normalized spacial score (nSPS) is 11.1. The molecule has 0 aliphatic carbocycles. The molecule has 0 saturated carbocycles. The first-order valence-corrected chi connectivity index (χ1v) is 8.71. The van der Waals surface area contributed by atoms with E-state index in [1.807, 2.05) is 49.3 Å². The van der Waals surface area contributed by atoms with E-state index < -0.39 is 22.5 Å². The van der Waals surface area contributed by atoms with Crippen molar-refractivity contribution in [3.8, 4) is 5.75 Å². The van der Waals surface area contributed by atoms with Gasteiger partial charge in [-0.2, -0.15) is 0 Å². The summed E-state index contributed by atoms with van der Waals surface area (Å²) in [5, 5.41) is 9.35. The van der Waals surface area contributed by atoms with Crippen LogP contribution in [0.5, 0.6) is 5.75 Å². The number of ether oxygens (including phenoxy) is 1. The van der Waals surface area contributed by atoms with Crippen LogP contribution in [0.15, 0.2) is 58.5 Å². The van der Waals surface area contributed by atoms with Gasteiger partial charge in [-0.1, -0.05) is 30.3 Å². The SMILES string of the molecule is CN(C)CCn1ccn2cc(C(=O)O)c(=O)c(OCc3ccccc3)c2c1=O. The second-order valence-corrected chi connectivity index (χ2v) is 6.64. The van der Waals surface area contributed by atoms with Crippen molar-refractivity contribution in [1.82, 2.24) is 13.9 Å². The fourth-order valence-electron chi connectivity index (χ4n) is 2.79. The molecule has 0 unspecified atom stereocenters. The Morgan fingerprint density at radius 2 is 1.86 bits per heavy atom. The molecule has 0 aliphatic rings. The van der Waals surface area contributed by atoms with Crippen LogP contribution in [0.3, 0.4) is 0 Å². The average Bonchev–Trinajstić information content (AvgIpc) is 2.67. The first-order chi connectivity index (χ1) is 13.4. The number of nitrogens with zero attached hydrogens (tertiary/aromatic N) is 3. The molecule has 2 aromatic heterocycles. The van der Waals surface area contributed by atoms with Crippen molar-refractivity contribution < 1.29 is 14.6 Å². The average molecular weight is 383 g/mol. The number of carbonyl (C=O) groups is 1. The quantitative estimate of drug-likeness (QED) is 0.661. The van der Waals surface area contributed by atoms with Crippen LogP contribution >= 0.6 is 0 Å². The van der Waals surface area contributed by atoms with Crippen molar-refractivity contribution >= 4 is 11.5 Å². The molecule has 0 atom stereocenters. The van der Waals surface area contributed by atoms with Gasteiger partial charge in [0.05, 0.1) is 0 Å². The monoisotopic (exact) mass is 383 g/mol. The lowest BCUT2D eigenvalue weighted by atomic mass is 10.2. The fourth-order valence-corrected chi connectivity index (χ4v) is 2.79. The number of aromatic carboxylic acids is 1. The molecular weight excluding hydrogens is 362 g/mol. The van der Waals surface area contributed by atoms with Crippen LogP contribution in [0.4, 0.5) is 0 Å². The summed E-state index contributed by atoms with van der Waals surface area (Å²) in [7, 11) is 3.79. The van der Waals surface area contributed by atoms with Gasteiger partial charge in [0.2, 0.25) is 5.43 Å². The first kappa shape index (κ1) is 19.4. The molecule has 3 aromatic rings. The number of hydrogen-bond donors (Lipinski definition) is 1. The lowest BCUT2D eigenvalue weighted by Gasteiger charge is -2.14. The van der Waals surface area contributed by atoms with Crippen LogP contribution in [0, 0.1) is 0 Å². The number of hydrogen-bond acceptors (Lipinski definition) is 5. The molecule has 1 N–H and O–H groups in total. The summed E-state index contributed by atoms with van der Waals surface area (Å²) in [4.78, 5) is 39.1. The van der Waals surface area contributed by atoms with Crippen molar-refractivity contribution in [1.29, 1.82) is 0 Å². The van der Waals surface area contributed by atoms with Crippen LogP contribution < -0.4 is 15.7 Å². The third-order valence-electron chi connectivity index (χ3n) is 4.31. The number of fused-ring (bicyclic) bond motifs is 1. The summed E-state index contributed by atoms with van der Waals surface area (Å²) in [6.45, 7) is 1.10. The maximum Gasteiger partial charge on any atom is 0.341 e. The summed E-state index contributed by atoms with van der Waals surface area (Å²) < 4.78 is 8.48. The molecule has 1 aromatic carbocycles. The topological polar surface area (TPSA) is 93.2 Å². The van der Waals surface area contributed by atoms with Crippen LogP contribution in [-0.2, 0) is 13.2 Å². The number of carboxylic acids is 1. The van der Waals surface area contributed by atoms with Gasteiger partial charge in [-0.25, -0.2) is 4.79 Å². The Hall–Kier alpha value is -3.39. The standard InChI is InChI=1S/C20H21N3O5/c1-21(2)8-9-22-10-11-23-12-15(20(26)27)17(24)18(16(23)19(22)25)28-13-14-6-4-3-5-7-14/h3-7,10-12H,8-9,13H2,1-2H3,(H,26,27). The molecule has 3 rings (SSSR count). The lowest BCUT2D eigenvalue weighted by Crippen LogP contribution is -2.30. The number of carboxylic acid groups (broad SMARTS) is 1. The zero-order chi connectivity index (χ0) is 20.3. The molecule has 0 bridgehead atoms. The molecule has 0 fully saturated rings. The van der Waals surface area contributed by atoms with Gasteiger partial charge in [0.1, 0.15) is 12.2 Å². The second kappa shape index (κ2) is 8.10. The van der Waals surface area contributed by atoms with Gasteiger partial charge < -0.3 is 23.7 Å². The smallest absolute Gasteiger partial charge is 0.341 e. The highest BCUT2D eigenvalue weighted by Crippen LogP contribution is 2.15. The van der Waals surface area contributed by atoms with E-state index in [0.717, 1.165) is 11.8 Å². The second-order valence-electron chi connectivity index (χ2n) is 6.64. The Kier molecular flexibility index (Phi) is 5.60. The molecule has 8 nitrogen and oxygen atoms in total. The maximum atomic E-state index is 13.0. The van der Waals surface area contributed by atoms with E-state index in [2.05, 4.69) is 0 Å². The Bertz CT molecular complexity index is 1120. The van der Waals surface area contributed by atoms with E-state index in [1.165, 1.54) is 8.97 Å². The molecular formula is C20H21N3O5. The molecule has 0 radical (unpaired) electrons. The zero-order valence-electron chi connectivity index (χ0n) is 15.7. The van der Waals surface area contributed by atoms with Crippen LogP contribution in [0.2, 0.25) is 0 Å². The molecule has 146 valence electrons. The van der Waals surface area contributed by atoms with Crippen LogP contribution in [0.25, 0.3) is 5.52 Å². The first-order valence-electron chi connectivity index (χ1n) is 8.71. The Morgan fingerprint density at radius 3 is 2.50 bits per heavy atom. The van der Waals surface area contributed by atoms with Gasteiger partial charge >= 0.3 is 5.97 Å². The van der Waals surface area contributed by atoms with E-state index >= 15 is 0 Å². The number of benzene rings is 1. The maximum absolute atomic E-state index is 13.0. The van der Waals surface area contributed by atoms with Gasteiger partial charge in [-0.3, -0.25) is 9.59 Å². The minimum Gasteiger partial charge on any atom is -0.483 e. The van der Waals surface area contributed by atoms with Crippen molar-refractivity contribution in [2.75, 3.05) is 20.6 Å². The molecule has 2 heterocycles. The largest absolute Gasteiger partial charge is 0.483 e. The summed E-state index contributed by atoms with van der Waals surface area (Å²) in [5.41, 5.74) is -0.866. The van der Waals surface area contributed by atoms with Crippen molar-refractivity contribution in [2.24, 2.45) is 0 Å². The zero-order valence-corrected chi connectivity index (χ0v) is 15.7. The number of pyridine rings is 1. The van der Waals surface area contributed by atoms with Crippen LogP contribution in [-0.4, -0.2) is 45.6 Å². The van der Waals surface area contributed by atoms with Gasteiger partial charge in [-0.15, -0.1) is 0 Å². The number of aromatic nitrogens is 2. The summed E-state index contributed by atoms with van der Waals surface area (Å²) >= 11 is 0. The minimum absolute atomic E-state index is 0.0205. The van der Waals surface area contributed by atoms with Gasteiger partial charge in [0, 0.05) is 31.7 Å². The van der Waals surface area contributed by atoms with Crippen molar-refractivity contribution in [3.05, 3.63) is 80.6 Å². The van der Waals surface area contributed by atoms with E-state index in [1.54, 1.807) is 12.4 Å². The highest BCUT2D eigenvalue weighted by atomic mass is 16.5. The molecule has 0 aliphatic heterocycles. The number of rotatable bonds is 7. The van der Waals surface area contributed by atoms with Crippen molar-refractivity contribution in [3.63, 3.8) is 0 Å². The Balaban J connectivity index is 2.14. The predicted molar refractivity (Wildman–Crippen MR) is 104 cm³/mol. The highest BCUT2D eigenvalue weighted by Gasteiger charge is 2.20. The Morgan fingerprint density at radius 1 is 1.14 bits per heavy atom. The Labute approximate surface area is 160 Å². The lowest BCUT2D eigenvalue weighted by molar-refractivity contribution is 0.0694. The summed E-state index contributed by atoms with van der Waals surface area (Å²) in [5.74, 6) is -1.63. The van der Waals surface area contributed by atoms with Crippen molar-refractivity contribution in [2.45, 2.75) is 13.2 Å². The predicted octanol–water partition coefficient (Wildman–Crippen LogP) is 1.30. The van der Waals surface area contributed by atoms with E-state index in [4.69, 9.17) is 4.74 Å². The fraction of sp³-hybridized carbons (Fsp3) is 0.250. The molecule has 0 spiro atoms.